The Morgan fingerprint density at radius 2 is 1.88 bits per heavy atom. The number of ether oxygens (including phenoxy) is 2. The van der Waals surface area contributed by atoms with E-state index in [1.807, 2.05) is 12.1 Å². The lowest BCUT2D eigenvalue weighted by molar-refractivity contribution is 0.300. The Morgan fingerprint density at radius 1 is 1.19 bits per heavy atom. The van der Waals surface area contributed by atoms with Crippen molar-refractivity contribution in [3.63, 3.8) is 0 Å². The number of hydrogen-bond donors (Lipinski definition) is 0. The van der Waals surface area contributed by atoms with Crippen molar-refractivity contribution in [3.8, 4) is 11.5 Å². The van der Waals surface area contributed by atoms with Gasteiger partial charge in [0, 0.05) is 6.07 Å². The quantitative estimate of drug-likeness (QED) is 0.775. The average molecular weight is 220 g/mol. The fourth-order valence-electron chi connectivity index (χ4n) is 1.74. The summed E-state index contributed by atoms with van der Waals surface area (Å²) in [6.45, 7) is 6.56. The Bertz CT molecular complexity index is 373. The molecule has 0 saturated heterocycles. The van der Waals surface area contributed by atoms with Gasteiger partial charge in [-0.2, -0.15) is 0 Å². The Hall–Kier alpha value is -1.18. The van der Waals surface area contributed by atoms with E-state index in [0.29, 0.717) is 6.10 Å². The van der Waals surface area contributed by atoms with E-state index in [1.165, 1.54) is 18.4 Å². The number of benzene rings is 1. The molecular weight excluding hydrogens is 200 g/mol. The fourth-order valence-corrected chi connectivity index (χ4v) is 1.74. The smallest absolute Gasteiger partial charge is 0.126 e. The Morgan fingerprint density at radius 3 is 2.38 bits per heavy atom. The zero-order valence-corrected chi connectivity index (χ0v) is 10.5. The first kappa shape index (κ1) is 11.3. The van der Waals surface area contributed by atoms with Crippen LogP contribution < -0.4 is 9.47 Å². The van der Waals surface area contributed by atoms with E-state index in [9.17, 15) is 0 Å². The van der Waals surface area contributed by atoms with Crippen LogP contribution in [0.5, 0.6) is 11.5 Å². The molecule has 0 aromatic heterocycles. The third kappa shape index (κ3) is 2.49. The standard InChI is InChI=1S/C14H20O2/c1-14(2,3)12-8-7-11(9-13(12)15-4)16-10-5-6-10/h7-10H,5-6H2,1-4H3. The Labute approximate surface area is 97.6 Å². The van der Waals surface area contributed by atoms with Crippen LogP contribution >= 0.6 is 0 Å². The SMILES string of the molecule is COc1cc(OC2CC2)ccc1C(C)(C)C. The summed E-state index contributed by atoms with van der Waals surface area (Å²) in [7, 11) is 1.71. The molecule has 0 spiro atoms. The molecule has 2 heteroatoms. The van der Waals surface area contributed by atoms with Crippen LogP contribution in [0.25, 0.3) is 0 Å². The van der Waals surface area contributed by atoms with Crippen molar-refractivity contribution >= 4 is 0 Å². The maximum Gasteiger partial charge on any atom is 0.126 e. The lowest BCUT2D eigenvalue weighted by Crippen LogP contribution is -2.12. The molecule has 0 radical (unpaired) electrons. The third-order valence-electron chi connectivity index (χ3n) is 2.81. The first-order valence-corrected chi connectivity index (χ1v) is 5.86. The van der Waals surface area contributed by atoms with Gasteiger partial charge in [0.15, 0.2) is 0 Å². The van der Waals surface area contributed by atoms with Crippen LogP contribution in [0, 0.1) is 0 Å². The van der Waals surface area contributed by atoms with Gasteiger partial charge in [-0.1, -0.05) is 26.8 Å². The summed E-state index contributed by atoms with van der Waals surface area (Å²) in [5.74, 6) is 1.85. The topological polar surface area (TPSA) is 18.5 Å². The molecule has 2 nitrogen and oxygen atoms in total. The molecule has 0 atom stereocenters. The van der Waals surface area contributed by atoms with Crippen LogP contribution in [0.2, 0.25) is 0 Å². The zero-order valence-electron chi connectivity index (χ0n) is 10.5. The van der Waals surface area contributed by atoms with Crippen molar-refractivity contribution < 1.29 is 9.47 Å². The summed E-state index contributed by atoms with van der Waals surface area (Å²) in [6.07, 6.45) is 2.80. The molecule has 1 fully saturated rings. The van der Waals surface area contributed by atoms with E-state index < -0.39 is 0 Å². The van der Waals surface area contributed by atoms with E-state index in [4.69, 9.17) is 9.47 Å². The molecule has 1 aromatic rings. The van der Waals surface area contributed by atoms with Crippen LogP contribution in [0.15, 0.2) is 18.2 Å². The van der Waals surface area contributed by atoms with Crippen molar-refractivity contribution in [1.29, 1.82) is 0 Å². The molecule has 1 aliphatic carbocycles. The normalized spacial score (nSPS) is 16.0. The molecule has 0 amide bonds. The van der Waals surface area contributed by atoms with Gasteiger partial charge in [0.2, 0.25) is 0 Å². The second kappa shape index (κ2) is 4.00. The monoisotopic (exact) mass is 220 g/mol. The first-order chi connectivity index (χ1) is 7.50. The van der Waals surface area contributed by atoms with Crippen molar-refractivity contribution in [3.05, 3.63) is 23.8 Å². The molecule has 16 heavy (non-hydrogen) atoms. The molecule has 0 unspecified atom stereocenters. The second-order valence-electron chi connectivity index (χ2n) is 5.43. The third-order valence-corrected chi connectivity index (χ3v) is 2.81. The molecule has 1 saturated carbocycles. The van der Waals surface area contributed by atoms with Gasteiger partial charge < -0.3 is 9.47 Å². The summed E-state index contributed by atoms with van der Waals surface area (Å²) in [6, 6.07) is 6.15. The first-order valence-electron chi connectivity index (χ1n) is 5.86. The molecule has 0 bridgehead atoms. The van der Waals surface area contributed by atoms with E-state index >= 15 is 0 Å². The van der Waals surface area contributed by atoms with E-state index in [2.05, 4.69) is 26.8 Å². The Kier molecular flexibility index (Phi) is 2.83. The summed E-state index contributed by atoms with van der Waals surface area (Å²) >= 11 is 0. The Balaban J connectivity index is 2.26. The molecule has 0 heterocycles. The summed E-state index contributed by atoms with van der Waals surface area (Å²) < 4.78 is 11.2. The molecule has 0 N–H and O–H groups in total. The molecule has 2 rings (SSSR count). The van der Waals surface area contributed by atoms with Crippen molar-refractivity contribution in [2.75, 3.05) is 7.11 Å². The maximum absolute atomic E-state index is 5.76. The van der Waals surface area contributed by atoms with E-state index in [0.717, 1.165) is 11.5 Å². The highest BCUT2D eigenvalue weighted by Crippen LogP contribution is 2.35. The van der Waals surface area contributed by atoms with Gasteiger partial charge in [0.1, 0.15) is 11.5 Å². The highest BCUT2D eigenvalue weighted by molar-refractivity contribution is 5.44. The minimum atomic E-state index is 0.101. The van der Waals surface area contributed by atoms with E-state index in [1.54, 1.807) is 7.11 Å². The predicted molar refractivity (Wildman–Crippen MR) is 65.3 cm³/mol. The highest BCUT2D eigenvalue weighted by Gasteiger charge is 2.25. The van der Waals surface area contributed by atoms with E-state index in [-0.39, 0.29) is 5.41 Å². The van der Waals surface area contributed by atoms with Gasteiger partial charge in [-0.3, -0.25) is 0 Å². The second-order valence-corrected chi connectivity index (χ2v) is 5.43. The highest BCUT2D eigenvalue weighted by atomic mass is 16.5. The van der Waals surface area contributed by atoms with Gasteiger partial charge >= 0.3 is 0 Å². The molecule has 1 aliphatic rings. The van der Waals surface area contributed by atoms with Crippen LogP contribution in [-0.2, 0) is 5.41 Å². The van der Waals surface area contributed by atoms with Crippen molar-refractivity contribution in [1.82, 2.24) is 0 Å². The molecule has 1 aromatic carbocycles. The average Bonchev–Trinajstić information content (AvgIpc) is 3.00. The predicted octanol–water partition coefficient (Wildman–Crippen LogP) is 3.53. The minimum Gasteiger partial charge on any atom is -0.496 e. The largest absolute Gasteiger partial charge is 0.496 e. The fraction of sp³-hybridized carbons (Fsp3) is 0.571. The molecular formula is C14H20O2. The summed E-state index contributed by atoms with van der Waals surface area (Å²) in [5.41, 5.74) is 1.32. The number of hydrogen-bond acceptors (Lipinski definition) is 2. The van der Waals surface area contributed by atoms with Crippen LogP contribution in [0.4, 0.5) is 0 Å². The minimum absolute atomic E-state index is 0.101. The van der Waals surface area contributed by atoms with Gasteiger partial charge in [-0.05, 0) is 29.9 Å². The molecule has 88 valence electrons. The lowest BCUT2D eigenvalue weighted by atomic mass is 9.86. The van der Waals surface area contributed by atoms with Crippen molar-refractivity contribution in [2.45, 2.75) is 45.1 Å². The van der Waals surface area contributed by atoms with Gasteiger partial charge in [-0.25, -0.2) is 0 Å². The molecule has 0 aliphatic heterocycles. The van der Waals surface area contributed by atoms with Crippen LogP contribution in [0.3, 0.4) is 0 Å². The zero-order chi connectivity index (χ0) is 11.8. The number of rotatable bonds is 3. The van der Waals surface area contributed by atoms with Gasteiger partial charge in [-0.15, -0.1) is 0 Å². The van der Waals surface area contributed by atoms with Crippen molar-refractivity contribution in [2.24, 2.45) is 0 Å². The maximum atomic E-state index is 5.76. The lowest BCUT2D eigenvalue weighted by Gasteiger charge is -2.22. The van der Waals surface area contributed by atoms with Crippen LogP contribution in [-0.4, -0.2) is 13.2 Å². The summed E-state index contributed by atoms with van der Waals surface area (Å²) in [4.78, 5) is 0. The van der Waals surface area contributed by atoms with Gasteiger partial charge in [0.05, 0.1) is 13.2 Å². The van der Waals surface area contributed by atoms with Crippen LogP contribution in [0.1, 0.15) is 39.2 Å². The number of methoxy groups -OCH3 is 1. The van der Waals surface area contributed by atoms with Gasteiger partial charge in [0.25, 0.3) is 0 Å². The summed E-state index contributed by atoms with van der Waals surface area (Å²) in [5, 5.41) is 0.